The summed E-state index contributed by atoms with van der Waals surface area (Å²) < 4.78 is 15.8. The molecule has 0 aromatic heterocycles. The monoisotopic (exact) mass is 293 g/mol. The summed E-state index contributed by atoms with van der Waals surface area (Å²) in [6, 6.07) is 5.66. The normalized spacial score (nSPS) is 17.5. The van der Waals surface area contributed by atoms with Crippen molar-refractivity contribution in [2.75, 3.05) is 33.1 Å². The van der Waals surface area contributed by atoms with Crippen LogP contribution in [0.1, 0.15) is 5.56 Å². The van der Waals surface area contributed by atoms with Gasteiger partial charge in [-0.1, -0.05) is 0 Å². The fraction of sp³-hybridized carbons (Fsp3) is 0.385. The van der Waals surface area contributed by atoms with Crippen LogP contribution in [0.25, 0.3) is 0 Å². The standard InChI is InChI=1S/C13H15N3O3S/c20-13(16-3-5-17-6-4-16)15-14-8-10-1-2-11-12(7-10)19-9-18-11/h1-2,7-8H,3-6,9H2,(H,15,20)/b14-8+. The first-order valence-corrected chi connectivity index (χ1v) is 6.79. The zero-order chi connectivity index (χ0) is 13.8. The molecule has 0 aliphatic carbocycles. The molecule has 20 heavy (non-hydrogen) atoms. The lowest BCUT2D eigenvalue weighted by Gasteiger charge is -2.28. The Balaban J connectivity index is 1.56. The predicted octanol–water partition coefficient (Wildman–Crippen LogP) is 0.956. The highest BCUT2D eigenvalue weighted by Gasteiger charge is 2.13. The van der Waals surface area contributed by atoms with Gasteiger partial charge in [0.2, 0.25) is 6.79 Å². The Morgan fingerprint density at radius 1 is 1.25 bits per heavy atom. The first kappa shape index (κ1) is 13.1. The molecule has 2 aliphatic heterocycles. The fourth-order valence-corrected chi connectivity index (χ4v) is 2.23. The Kier molecular flexibility index (Phi) is 3.98. The lowest BCUT2D eigenvalue weighted by atomic mass is 10.2. The van der Waals surface area contributed by atoms with Crippen LogP contribution in [0, 0.1) is 0 Å². The van der Waals surface area contributed by atoms with Crippen LogP contribution in [-0.4, -0.2) is 49.3 Å². The summed E-state index contributed by atoms with van der Waals surface area (Å²) in [5.41, 5.74) is 3.79. The molecule has 0 radical (unpaired) electrons. The van der Waals surface area contributed by atoms with Crippen molar-refractivity contribution in [3.05, 3.63) is 23.8 Å². The van der Waals surface area contributed by atoms with Gasteiger partial charge in [-0.15, -0.1) is 0 Å². The quantitative estimate of drug-likeness (QED) is 0.498. The summed E-state index contributed by atoms with van der Waals surface area (Å²) in [6.07, 6.45) is 1.70. The van der Waals surface area contributed by atoms with Crippen molar-refractivity contribution in [3.8, 4) is 11.5 Å². The molecule has 2 aliphatic rings. The second-order valence-corrected chi connectivity index (χ2v) is 4.77. The second-order valence-electron chi connectivity index (χ2n) is 4.39. The van der Waals surface area contributed by atoms with E-state index in [1.54, 1.807) is 6.21 Å². The number of morpholine rings is 1. The average Bonchev–Trinajstić information content (AvgIpc) is 2.95. The number of nitrogens with one attached hydrogen (secondary N) is 1. The fourth-order valence-electron chi connectivity index (χ4n) is 1.99. The molecule has 1 aromatic carbocycles. The van der Waals surface area contributed by atoms with Crippen LogP contribution in [0.15, 0.2) is 23.3 Å². The molecule has 1 saturated heterocycles. The minimum absolute atomic E-state index is 0.273. The molecule has 0 spiro atoms. The van der Waals surface area contributed by atoms with Crippen LogP contribution in [0.4, 0.5) is 0 Å². The van der Waals surface area contributed by atoms with E-state index in [-0.39, 0.29) is 6.79 Å². The van der Waals surface area contributed by atoms with Crippen LogP contribution < -0.4 is 14.9 Å². The highest BCUT2D eigenvalue weighted by molar-refractivity contribution is 7.80. The van der Waals surface area contributed by atoms with E-state index < -0.39 is 0 Å². The number of hydrazone groups is 1. The summed E-state index contributed by atoms with van der Waals surface area (Å²) in [7, 11) is 0. The van der Waals surface area contributed by atoms with E-state index in [1.165, 1.54) is 0 Å². The summed E-state index contributed by atoms with van der Waals surface area (Å²) in [6.45, 7) is 3.27. The van der Waals surface area contributed by atoms with Gasteiger partial charge in [0, 0.05) is 13.1 Å². The number of hydrogen-bond acceptors (Lipinski definition) is 5. The number of rotatable bonds is 2. The molecule has 0 bridgehead atoms. The number of nitrogens with zero attached hydrogens (tertiary/aromatic N) is 2. The van der Waals surface area contributed by atoms with E-state index in [0.717, 1.165) is 30.2 Å². The smallest absolute Gasteiger partial charge is 0.231 e. The Bertz CT molecular complexity index is 530. The van der Waals surface area contributed by atoms with Gasteiger partial charge in [-0.3, -0.25) is 5.43 Å². The van der Waals surface area contributed by atoms with Gasteiger partial charge in [0.15, 0.2) is 16.6 Å². The van der Waals surface area contributed by atoms with E-state index in [1.807, 2.05) is 23.1 Å². The number of hydrogen-bond donors (Lipinski definition) is 1. The minimum atomic E-state index is 0.273. The molecule has 1 N–H and O–H groups in total. The number of benzene rings is 1. The third-order valence-corrected chi connectivity index (χ3v) is 3.42. The lowest BCUT2D eigenvalue weighted by Crippen LogP contribution is -2.44. The van der Waals surface area contributed by atoms with E-state index in [0.29, 0.717) is 18.3 Å². The molecule has 7 heteroatoms. The summed E-state index contributed by atoms with van der Waals surface area (Å²) >= 11 is 5.27. The Labute approximate surface area is 122 Å². The van der Waals surface area contributed by atoms with Crippen LogP contribution in [-0.2, 0) is 4.74 Å². The van der Waals surface area contributed by atoms with E-state index in [2.05, 4.69) is 10.5 Å². The largest absolute Gasteiger partial charge is 0.454 e. The maximum atomic E-state index is 5.31. The molecular weight excluding hydrogens is 278 g/mol. The number of ether oxygens (including phenoxy) is 3. The maximum absolute atomic E-state index is 5.31. The molecule has 6 nitrogen and oxygen atoms in total. The van der Waals surface area contributed by atoms with Gasteiger partial charge in [-0.05, 0) is 36.0 Å². The van der Waals surface area contributed by atoms with Crippen molar-refractivity contribution in [3.63, 3.8) is 0 Å². The van der Waals surface area contributed by atoms with Gasteiger partial charge in [-0.2, -0.15) is 5.10 Å². The van der Waals surface area contributed by atoms with Crippen LogP contribution in [0.2, 0.25) is 0 Å². The Hall–Kier alpha value is -1.86. The van der Waals surface area contributed by atoms with E-state index in [4.69, 9.17) is 26.4 Å². The molecular formula is C13H15N3O3S. The van der Waals surface area contributed by atoms with Crippen LogP contribution in [0.3, 0.4) is 0 Å². The molecule has 0 amide bonds. The summed E-state index contributed by atoms with van der Waals surface area (Å²) in [5, 5.41) is 4.76. The van der Waals surface area contributed by atoms with Gasteiger partial charge < -0.3 is 19.1 Å². The van der Waals surface area contributed by atoms with Crippen molar-refractivity contribution in [2.45, 2.75) is 0 Å². The molecule has 0 saturated carbocycles. The molecule has 1 fully saturated rings. The summed E-state index contributed by atoms with van der Waals surface area (Å²) in [4.78, 5) is 2.04. The molecule has 0 atom stereocenters. The molecule has 3 rings (SSSR count). The molecule has 106 valence electrons. The van der Waals surface area contributed by atoms with Crippen molar-refractivity contribution in [2.24, 2.45) is 5.10 Å². The zero-order valence-electron chi connectivity index (χ0n) is 10.9. The third kappa shape index (κ3) is 3.00. The van der Waals surface area contributed by atoms with Crippen molar-refractivity contribution >= 4 is 23.5 Å². The SMILES string of the molecule is S=C(N/N=C/c1ccc2c(c1)OCO2)N1CCOCC1. The Morgan fingerprint density at radius 2 is 2.05 bits per heavy atom. The van der Waals surface area contributed by atoms with Crippen LogP contribution >= 0.6 is 12.2 Å². The zero-order valence-corrected chi connectivity index (χ0v) is 11.7. The molecule has 1 aromatic rings. The van der Waals surface area contributed by atoms with E-state index in [9.17, 15) is 0 Å². The molecule has 2 heterocycles. The first-order valence-electron chi connectivity index (χ1n) is 6.38. The van der Waals surface area contributed by atoms with Gasteiger partial charge in [0.1, 0.15) is 0 Å². The maximum Gasteiger partial charge on any atom is 0.231 e. The van der Waals surface area contributed by atoms with Crippen LogP contribution in [0.5, 0.6) is 11.5 Å². The predicted molar refractivity (Wildman–Crippen MR) is 78.3 cm³/mol. The van der Waals surface area contributed by atoms with Crippen molar-refractivity contribution in [1.82, 2.24) is 10.3 Å². The van der Waals surface area contributed by atoms with Gasteiger partial charge in [0.25, 0.3) is 0 Å². The highest BCUT2D eigenvalue weighted by Crippen LogP contribution is 2.31. The van der Waals surface area contributed by atoms with Gasteiger partial charge in [-0.25, -0.2) is 0 Å². The third-order valence-electron chi connectivity index (χ3n) is 3.07. The molecule has 0 unspecified atom stereocenters. The van der Waals surface area contributed by atoms with Gasteiger partial charge in [0.05, 0.1) is 19.4 Å². The van der Waals surface area contributed by atoms with Crippen molar-refractivity contribution < 1.29 is 14.2 Å². The van der Waals surface area contributed by atoms with Crippen molar-refractivity contribution in [1.29, 1.82) is 0 Å². The van der Waals surface area contributed by atoms with Gasteiger partial charge >= 0.3 is 0 Å². The second kappa shape index (κ2) is 6.06. The summed E-state index contributed by atoms with van der Waals surface area (Å²) in [5.74, 6) is 1.50. The Morgan fingerprint density at radius 3 is 2.90 bits per heavy atom. The minimum Gasteiger partial charge on any atom is -0.454 e. The first-order chi connectivity index (χ1) is 9.83. The number of thiocarbonyl (C=S) groups is 1. The highest BCUT2D eigenvalue weighted by atomic mass is 32.1. The lowest BCUT2D eigenvalue weighted by molar-refractivity contribution is 0.0677. The topological polar surface area (TPSA) is 55.3 Å². The van der Waals surface area contributed by atoms with E-state index >= 15 is 0 Å². The number of fused-ring (bicyclic) bond motifs is 1. The average molecular weight is 293 g/mol.